The van der Waals surface area contributed by atoms with Crippen molar-refractivity contribution < 1.29 is 23.9 Å². The summed E-state index contributed by atoms with van der Waals surface area (Å²) in [4.78, 5) is 40.0. The van der Waals surface area contributed by atoms with Crippen LogP contribution in [0.25, 0.3) is 0 Å². The van der Waals surface area contributed by atoms with Gasteiger partial charge in [-0.1, -0.05) is 56.0 Å². The lowest BCUT2D eigenvalue weighted by Gasteiger charge is -2.40. The molecule has 5 nitrogen and oxygen atoms in total. The van der Waals surface area contributed by atoms with Gasteiger partial charge in [-0.25, -0.2) is 0 Å². The minimum Gasteiger partial charge on any atom is -0.422 e. The van der Waals surface area contributed by atoms with Crippen molar-refractivity contribution in [3.63, 3.8) is 0 Å². The van der Waals surface area contributed by atoms with Crippen molar-refractivity contribution in [2.45, 2.75) is 76.9 Å². The molecule has 162 valence electrons. The molecular weight excluding hydrogens is 380 g/mol. The Morgan fingerprint density at radius 3 is 2.00 bits per heavy atom. The van der Waals surface area contributed by atoms with Crippen LogP contribution in [-0.4, -0.2) is 23.5 Å². The third-order valence-corrected chi connectivity index (χ3v) is 7.12. The highest BCUT2D eigenvalue weighted by molar-refractivity contribution is 5.99. The summed E-state index contributed by atoms with van der Waals surface area (Å²) in [7, 11) is 0. The normalized spacial score (nSPS) is 25.0. The summed E-state index contributed by atoms with van der Waals surface area (Å²) >= 11 is 0. The van der Waals surface area contributed by atoms with Crippen LogP contribution in [0.4, 0.5) is 0 Å². The molecule has 2 unspecified atom stereocenters. The van der Waals surface area contributed by atoms with Gasteiger partial charge in [0.15, 0.2) is 5.92 Å². The smallest absolute Gasteiger partial charge is 0.324 e. The highest BCUT2D eigenvalue weighted by atomic mass is 16.7. The van der Waals surface area contributed by atoms with Gasteiger partial charge in [0.25, 0.3) is 5.79 Å². The molecule has 0 spiro atoms. The van der Waals surface area contributed by atoms with Gasteiger partial charge in [0.2, 0.25) is 0 Å². The molecular formula is C25H32O5. The van der Waals surface area contributed by atoms with E-state index in [1.54, 1.807) is 13.8 Å². The van der Waals surface area contributed by atoms with E-state index in [0.29, 0.717) is 0 Å². The molecule has 30 heavy (non-hydrogen) atoms. The second kappa shape index (κ2) is 8.52. The Kier molecular flexibility index (Phi) is 5.99. The second-order valence-electron chi connectivity index (χ2n) is 9.61. The monoisotopic (exact) mass is 412 g/mol. The zero-order valence-electron chi connectivity index (χ0n) is 18.0. The lowest BCUT2D eigenvalue weighted by Crippen LogP contribution is -2.51. The lowest BCUT2D eigenvalue weighted by molar-refractivity contribution is -0.241. The van der Waals surface area contributed by atoms with Crippen LogP contribution in [-0.2, 0) is 23.9 Å². The first-order valence-electron chi connectivity index (χ1n) is 11.4. The summed E-state index contributed by atoms with van der Waals surface area (Å²) in [5.41, 5.74) is 0.847. The number of esters is 2. The SMILES string of the molecule is CC1(C)OC(=O)C(C(c2ccccc2)C(C(=O)C2CCCC2)C2CCCC2)C(=O)O1. The molecule has 0 aromatic heterocycles. The summed E-state index contributed by atoms with van der Waals surface area (Å²) in [5.74, 6) is -3.96. The predicted molar refractivity (Wildman–Crippen MR) is 111 cm³/mol. The van der Waals surface area contributed by atoms with E-state index in [0.717, 1.165) is 56.9 Å². The van der Waals surface area contributed by atoms with Crippen LogP contribution >= 0.6 is 0 Å². The molecule has 1 heterocycles. The third kappa shape index (κ3) is 4.17. The number of cyclic esters (lactones) is 2. The molecule has 0 bridgehead atoms. The molecule has 0 amide bonds. The van der Waals surface area contributed by atoms with Crippen molar-refractivity contribution in [3.05, 3.63) is 35.9 Å². The Morgan fingerprint density at radius 2 is 1.43 bits per heavy atom. The average molecular weight is 413 g/mol. The van der Waals surface area contributed by atoms with Gasteiger partial charge in [-0.15, -0.1) is 0 Å². The summed E-state index contributed by atoms with van der Waals surface area (Å²) in [6.07, 6.45) is 8.09. The summed E-state index contributed by atoms with van der Waals surface area (Å²) in [6, 6.07) is 9.56. The average Bonchev–Trinajstić information content (AvgIpc) is 3.40. The fourth-order valence-corrected chi connectivity index (χ4v) is 5.81. The maximum Gasteiger partial charge on any atom is 0.324 e. The van der Waals surface area contributed by atoms with Crippen LogP contribution in [0.2, 0.25) is 0 Å². The number of ketones is 1. The van der Waals surface area contributed by atoms with E-state index in [9.17, 15) is 14.4 Å². The van der Waals surface area contributed by atoms with Crippen LogP contribution < -0.4 is 0 Å². The van der Waals surface area contributed by atoms with Crippen molar-refractivity contribution in [2.75, 3.05) is 0 Å². The van der Waals surface area contributed by atoms with Crippen molar-refractivity contribution in [1.82, 2.24) is 0 Å². The van der Waals surface area contributed by atoms with E-state index < -0.39 is 29.6 Å². The molecule has 1 saturated heterocycles. The number of Topliss-reactive ketones (excluding diaryl/α,β-unsaturated/α-hetero) is 1. The zero-order chi connectivity index (χ0) is 21.3. The van der Waals surface area contributed by atoms with E-state index >= 15 is 0 Å². The van der Waals surface area contributed by atoms with Crippen LogP contribution in [0.3, 0.4) is 0 Å². The molecule has 2 atom stereocenters. The van der Waals surface area contributed by atoms with Gasteiger partial charge < -0.3 is 9.47 Å². The standard InChI is InChI=1S/C25H32O5/c1-25(2)29-23(27)21(24(28)30-25)19(16-10-4-3-5-11-16)20(17-12-6-7-13-17)22(26)18-14-8-9-15-18/h3-5,10-11,17-21H,6-9,12-15H2,1-2H3. The van der Waals surface area contributed by atoms with E-state index in [1.807, 2.05) is 30.3 Å². The Hall–Kier alpha value is -2.17. The Labute approximate surface area is 178 Å². The highest BCUT2D eigenvalue weighted by Gasteiger charge is 2.53. The van der Waals surface area contributed by atoms with Gasteiger partial charge in [0, 0.05) is 31.6 Å². The first-order valence-corrected chi connectivity index (χ1v) is 11.4. The predicted octanol–water partition coefficient (Wildman–Crippen LogP) is 4.79. The number of ether oxygens (including phenoxy) is 2. The topological polar surface area (TPSA) is 69.7 Å². The van der Waals surface area contributed by atoms with Crippen molar-refractivity contribution in [2.24, 2.45) is 23.7 Å². The fourth-order valence-electron chi connectivity index (χ4n) is 5.81. The number of hydrogen-bond acceptors (Lipinski definition) is 5. The number of hydrogen-bond donors (Lipinski definition) is 0. The van der Waals surface area contributed by atoms with Crippen molar-refractivity contribution in [1.29, 1.82) is 0 Å². The number of benzene rings is 1. The maximum atomic E-state index is 13.8. The van der Waals surface area contributed by atoms with Crippen LogP contribution in [0.15, 0.2) is 30.3 Å². The fraction of sp³-hybridized carbons (Fsp3) is 0.640. The van der Waals surface area contributed by atoms with E-state index in [2.05, 4.69) is 0 Å². The summed E-state index contributed by atoms with van der Waals surface area (Å²) in [5, 5.41) is 0. The summed E-state index contributed by atoms with van der Waals surface area (Å²) < 4.78 is 11.0. The first kappa shape index (κ1) is 21.1. The Balaban J connectivity index is 1.77. The largest absolute Gasteiger partial charge is 0.422 e. The molecule has 1 aromatic rings. The zero-order valence-corrected chi connectivity index (χ0v) is 18.0. The highest BCUT2D eigenvalue weighted by Crippen LogP contribution is 2.48. The van der Waals surface area contributed by atoms with E-state index in [1.165, 1.54) is 0 Å². The second-order valence-corrected chi connectivity index (χ2v) is 9.61. The number of rotatable bonds is 6. The van der Waals surface area contributed by atoms with Crippen molar-refractivity contribution >= 4 is 17.7 Å². The Morgan fingerprint density at radius 1 is 0.900 bits per heavy atom. The molecule has 1 aliphatic heterocycles. The number of carbonyl (C=O) groups excluding carboxylic acids is 3. The van der Waals surface area contributed by atoms with Gasteiger partial charge in [-0.2, -0.15) is 0 Å². The molecule has 0 radical (unpaired) electrons. The van der Waals surface area contributed by atoms with Crippen LogP contribution in [0, 0.1) is 23.7 Å². The minimum atomic E-state index is -1.27. The Bertz CT molecular complexity index is 767. The van der Waals surface area contributed by atoms with Gasteiger partial charge in [-0.3, -0.25) is 14.4 Å². The molecule has 5 heteroatoms. The molecule has 3 fully saturated rings. The van der Waals surface area contributed by atoms with E-state index in [4.69, 9.17) is 9.47 Å². The van der Waals surface area contributed by atoms with E-state index in [-0.39, 0.29) is 23.5 Å². The lowest BCUT2D eigenvalue weighted by atomic mass is 9.66. The van der Waals surface area contributed by atoms with Crippen LogP contribution in [0.1, 0.15) is 76.7 Å². The molecule has 2 saturated carbocycles. The first-order chi connectivity index (χ1) is 14.4. The maximum absolute atomic E-state index is 13.8. The number of carbonyl (C=O) groups is 3. The van der Waals surface area contributed by atoms with Crippen molar-refractivity contribution in [3.8, 4) is 0 Å². The van der Waals surface area contributed by atoms with Crippen LogP contribution in [0.5, 0.6) is 0 Å². The molecule has 4 rings (SSSR count). The summed E-state index contributed by atoms with van der Waals surface area (Å²) in [6.45, 7) is 3.13. The van der Waals surface area contributed by atoms with Gasteiger partial charge >= 0.3 is 11.9 Å². The van der Waals surface area contributed by atoms with Gasteiger partial charge in [0.05, 0.1) is 0 Å². The van der Waals surface area contributed by atoms with Gasteiger partial charge in [0.1, 0.15) is 5.78 Å². The third-order valence-electron chi connectivity index (χ3n) is 7.12. The molecule has 1 aromatic carbocycles. The molecule has 0 N–H and O–H groups in total. The minimum absolute atomic E-state index is 0.0360. The molecule has 2 aliphatic carbocycles. The quantitative estimate of drug-likeness (QED) is 0.496. The molecule has 3 aliphatic rings. The van der Waals surface area contributed by atoms with Gasteiger partial charge in [-0.05, 0) is 37.2 Å².